The van der Waals surface area contributed by atoms with Crippen LogP contribution in [0, 0.1) is 19.7 Å². The maximum absolute atomic E-state index is 13.1. The fraction of sp³-hybridized carbons (Fsp3) is 0.167. The molecule has 0 bridgehead atoms. The SMILES string of the molecule is Cc1cc(-n2ncc(=O)[nH]c2=O)cc(C)c1C(Cl)c1ccc(F)cc1. The topological polar surface area (TPSA) is 67.8 Å². The summed E-state index contributed by atoms with van der Waals surface area (Å²) < 4.78 is 14.2. The molecule has 1 unspecified atom stereocenters. The second-order valence-electron chi connectivity index (χ2n) is 5.76. The van der Waals surface area contributed by atoms with Crippen molar-refractivity contribution in [2.24, 2.45) is 0 Å². The molecule has 0 fully saturated rings. The summed E-state index contributed by atoms with van der Waals surface area (Å²) >= 11 is 6.59. The predicted molar refractivity (Wildman–Crippen MR) is 94.0 cm³/mol. The molecule has 128 valence electrons. The van der Waals surface area contributed by atoms with Gasteiger partial charge in [-0.3, -0.25) is 9.78 Å². The molecule has 0 aliphatic rings. The van der Waals surface area contributed by atoms with Gasteiger partial charge in [0.05, 0.1) is 11.1 Å². The Labute approximate surface area is 147 Å². The van der Waals surface area contributed by atoms with Crippen molar-refractivity contribution in [3.63, 3.8) is 0 Å². The molecule has 0 spiro atoms. The van der Waals surface area contributed by atoms with Crippen molar-refractivity contribution in [3.8, 4) is 5.69 Å². The number of hydrogen-bond acceptors (Lipinski definition) is 3. The highest BCUT2D eigenvalue weighted by molar-refractivity contribution is 6.22. The highest BCUT2D eigenvalue weighted by Gasteiger charge is 2.17. The van der Waals surface area contributed by atoms with Crippen LogP contribution < -0.4 is 11.2 Å². The first kappa shape index (κ1) is 17.1. The molecular formula is C18H15ClFN3O2. The molecule has 3 aromatic rings. The first-order valence-electron chi connectivity index (χ1n) is 7.56. The van der Waals surface area contributed by atoms with Crippen molar-refractivity contribution in [1.29, 1.82) is 0 Å². The molecule has 5 nitrogen and oxygen atoms in total. The van der Waals surface area contributed by atoms with Crippen LogP contribution in [0.2, 0.25) is 0 Å². The van der Waals surface area contributed by atoms with Crippen molar-refractivity contribution in [2.75, 3.05) is 0 Å². The van der Waals surface area contributed by atoms with Crippen LogP contribution in [-0.2, 0) is 0 Å². The van der Waals surface area contributed by atoms with E-state index in [-0.39, 0.29) is 5.82 Å². The van der Waals surface area contributed by atoms with E-state index in [0.717, 1.165) is 33.1 Å². The number of benzene rings is 2. The lowest BCUT2D eigenvalue weighted by molar-refractivity contribution is 0.627. The maximum Gasteiger partial charge on any atom is 0.349 e. The average molecular weight is 360 g/mol. The number of aryl methyl sites for hydroxylation is 2. The minimum atomic E-state index is -0.611. The Bertz CT molecular complexity index is 1020. The lowest BCUT2D eigenvalue weighted by Crippen LogP contribution is -2.30. The number of hydrogen-bond donors (Lipinski definition) is 1. The normalized spacial score (nSPS) is 12.2. The van der Waals surface area contributed by atoms with Gasteiger partial charge >= 0.3 is 5.69 Å². The molecule has 0 aliphatic heterocycles. The molecule has 1 aromatic heterocycles. The van der Waals surface area contributed by atoms with Gasteiger partial charge in [-0.2, -0.15) is 9.78 Å². The highest BCUT2D eigenvalue weighted by atomic mass is 35.5. The van der Waals surface area contributed by atoms with Crippen molar-refractivity contribution in [2.45, 2.75) is 19.2 Å². The van der Waals surface area contributed by atoms with Gasteiger partial charge in [-0.1, -0.05) is 12.1 Å². The Morgan fingerprint density at radius 3 is 2.28 bits per heavy atom. The first-order valence-corrected chi connectivity index (χ1v) is 8.00. The second kappa shape index (κ2) is 6.64. The number of nitrogens with zero attached hydrogens (tertiary/aromatic N) is 2. The molecule has 0 saturated carbocycles. The lowest BCUT2D eigenvalue weighted by Gasteiger charge is -2.18. The third-order valence-electron chi connectivity index (χ3n) is 3.95. The number of H-pyrrole nitrogens is 1. The van der Waals surface area contributed by atoms with Crippen molar-refractivity contribution in [3.05, 3.63) is 91.5 Å². The van der Waals surface area contributed by atoms with Gasteiger partial charge in [-0.15, -0.1) is 11.6 Å². The Morgan fingerprint density at radius 2 is 1.72 bits per heavy atom. The summed E-state index contributed by atoms with van der Waals surface area (Å²) in [5, 5.41) is 3.41. The maximum atomic E-state index is 13.1. The summed E-state index contributed by atoms with van der Waals surface area (Å²) in [5.41, 5.74) is 2.75. The Kier molecular flexibility index (Phi) is 4.55. The van der Waals surface area contributed by atoms with Crippen molar-refractivity contribution < 1.29 is 4.39 Å². The molecule has 25 heavy (non-hydrogen) atoms. The number of nitrogens with one attached hydrogen (secondary N) is 1. The average Bonchev–Trinajstić information content (AvgIpc) is 2.54. The summed E-state index contributed by atoms with van der Waals surface area (Å²) in [6.07, 6.45) is 1.04. The molecule has 2 aromatic carbocycles. The van der Waals surface area contributed by atoms with Gasteiger partial charge in [0, 0.05) is 0 Å². The zero-order valence-corrected chi connectivity index (χ0v) is 14.3. The minimum Gasteiger partial charge on any atom is -0.271 e. The van der Waals surface area contributed by atoms with Gasteiger partial charge in [0.1, 0.15) is 12.0 Å². The largest absolute Gasteiger partial charge is 0.349 e. The van der Waals surface area contributed by atoms with Gasteiger partial charge in [-0.25, -0.2) is 9.18 Å². The van der Waals surface area contributed by atoms with Crippen LogP contribution in [0.1, 0.15) is 27.6 Å². The number of alkyl halides is 1. The molecule has 0 amide bonds. The standard InChI is InChI=1S/C18H15ClFN3O2/c1-10-7-14(23-18(25)22-15(24)9-21-23)8-11(2)16(10)17(19)12-3-5-13(20)6-4-12/h3-9,17H,1-2H3,(H,22,24,25). The van der Waals surface area contributed by atoms with Crippen molar-refractivity contribution in [1.82, 2.24) is 14.8 Å². The summed E-state index contributed by atoms with van der Waals surface area (Å²) in [4.78, 5) is 25.2. The number of aromatic amines is 1. The Morgan fingerprint density at radius 1 is 1.12 bits per heavy atom. The van der Waals surface area contributed by atoms with Crippen LogP contribution in [0.15, 0.2) is 52.2 Å². The molecule has 7 heteroatoms. The third-order valence-corrected chi connectivity index (χ3v) is 4.42. The van der Waals surface area contributed by atoms with E-state index in [2.05, 4.69) is 10.1 Å². The van der Waals surface area contributed by atoms with Gasteiger partial charge in [-0.05, 0) is 60.4 Å². The molecule has 1 N–H and O–H groups in total. The molecular weight excluding hydrogens is 345 g/mol. The number of aromatic nitrogens is 3. The first-order chi connectivity index (χ1) is 11.9. The molecule has 0 saturated heterocycles. The van der Waals surface area contributed by atoms with Gasteiger partial charge in [0.25, 0.3) is 5.56 Å². The van der Waals surface area contributed by atoms with E-state index >= 15 is 0 Å². The molecule has 0 aliphatic carbocycles. The van der Waals surface area contributed by atoms with Crippen LogP contribution in [0.4, 0.5) is 4.39 Å². The van der Waals surface area contributed by atoms with E-state index in [1.807, 2.05) is 13.8 Å². The fourth-order valence-corrected chi connectivity index (χ4v) is 3.30. The molecule has 1 heterocycles. The number of rotatable bonds is 3. The Balaban J connectivity index is 2.07. The molecule has 1 atom stereocenters. The lowest BCUT2D eigenvalue weighted by atomic mass is 9.95. The quantitative estimate of drug-likeness (QED) is 0.731. The highest BCUT2D eigenvalue weighted by Crippen LogP contribution is 2.34. The number of halogens is 2. The van der Waals surface area contributed by atoms with Gasteiger partial charge in [0.2, 0.25) is 0 Å². The summed E-state index contributed by atoms with van der Waals surface area (Å²) in [7, 11) is 0. The van der Waals surface area contributed by atoms with E-state index < -0.39 is 16.6 Å². The summed E-state index contributed by atoms with van der Waals surface area (Å²) in [6, 6.07) is 9.57. The molecule has 0 radical (unpaired) electrons. The van der Waals surface area contributed by atoms with Gasteiger partial charge < -0.3 is 0 Å². The van der Waals surface area contributed by atoms with E-state index in [0.29, 0.717) is 5.69 Å². The monoisotopic (exact) mass is 359 g/mol. The second-order valence-corrected chi connectivity index (χ2v) is 6.19. The van der Waals surface area contributed by atoms with Crippen LogP contribution in [0.25, 0.3) is 5.69 Å². The minimum absolute atomic E-state index is 0.320. The van der Waals surface area contributed by atoms with Crippen LogP contribution in [-0.4, -0.2) is 14.8 Å². The van der Waals surface area contributed by atoms with E-state index in [9.17, 15) is 14.0 Å². The molecule has 3 rings (SSSR count). The Hall–Kier alpha value is -2.73. The zero-order chi connectivity index (χ0) is 18.1. The van der Waals surface area contributed by atoms with Crippen LogP contribution in [0.3, 0.4) is 0 Å². The third kappa shape index (κ3) is 3.39. The fourth-order valence-electron chi connectivity index (χ4n) is 2.81. The van der Waals surface area contributed by atoms with E-state index in [1.165, 1.54) is 12.1 Å². The van der Waals surface area contributed by atoms with Gasteiger partial charge in [0.15, 0.2) is 0 Å². The van der Waals surface area contributed by atoms with Crippen molar-refractivity contribution >= 4 is 11.6 Å². The van der Waals surface area contributed by atoms with E-state index in [4.69, 9.17) is 11.6 Å². The smallest absolute Gasteiger partial charge is 0.271 e. The predicted octanol–water partition coefficient (Wildman–Crippen LogP) is 3.00. The summed E-state index contributed by atoms with van der Waals surface area (Å²) in [6.45, 7) is 3.75. The van der Waals surface area contributed by atoms with Crippen LogP contribution >= 0.6 is 11.6 Å². The summed E-state index contributed by atoms with van der Waals surface area (Å²) in [5.74, 6) is -0.320. The van der Waals surface area contributed by atoms with E-state index in [1.54, 1.807) is 24.3 Å². The van der Waals surface area contributed by atoms with Crippen LogP contribution in [0.5, 0.6) is 0 Å². The zero-order valence-electron chi connectivity index (χ0n) is 13.6.